The first kappa shape index (κ1) is 20.6. The highest BCUT2D eigenvalue weighted by molar-refractivity contribution is 7.08. The van der Waals surface area contributed by atoms with Crippen LogP contribution in [0.5, 0.6) is 10.8 Å². The highest BCUT2D eigenvalue weighted by atomic mass is 32.1. The molecule has 0 aliphatic rings. The van der Waals surface area contributed by atoms with Crippen LogP contribution < -0.4 is 4.74 Å². The molecule has 0 bridgehead atoms. The summed E-state index contributed by atoms with van der Waals surface area (Å²) in [4.78, 5) is 6.57. The zero-order valence-corrected chi connectivity index (χ0v) is 18.2. The van der Waals surface area contributed by atoms with Crippen LogP contribution in [0.3, 0.4) is 0 Å². The Labute approximate surface area is 176 Å². The van der Waals surface area contributed by atoms with Gasteiger partial charge < -0.3 is 9.64 Å². The Kier molecular flexibility index (Phi) is 6.30. The van der Waals surface area contributed by atoms with Crippen LogP contribution in [0.4, 0.5) is 5.69 Å². The van der Waals surface area contributed by atoms with Crippen molar-refractivity contribution in [1.29, 1.82) is 5.26 Å². The van der Waals surface area contributed by atoms with E-state index in [9.17, 15) is 5.26 Å². The van der Waals surface area contributed by atoms with Gasteiger partial charge in [-0.15, -0.1) is 0 Å². The number of hydrogen-bond acceptors (Lipinski definition) is 5. The van der Waals surface area contributed by atoms with Crippen LogP contribution >= 0.6 is 11.5 Å². The molecule has 0 unspecified atom stereocenters. The average molecular weight is 405 g/mol. The Balaban J connectivity index is 1.93. The third kappa shape index (κ3) is 4.47. The van der Waals surface area contributed by atoms with E-state index < -0.39 is 0 Å². The van der Waals surface area contributed by atoms with Crippen molar-refractivity contribution >= 4 is 23.6 Å². The topological polar surface area (TPSA) is 61.5 Å². The lowest BCUT2D eigenvalue weighted by Gasteiger charge is -2.12. The molecule has 29 heavy (non-hydrogen) atoms. The van der Waals surface area contributed by atoms with Gasteiger partial charge in [-0.2, -0.15) is 9.64 Å². The SMILES string of the molecule is CCN(C)C=Nc1cc(C)c(Oc2snc(-c3ccccc3C)c2C#N)cc1C. The molecule has 0 radical (unpaired) electrons. The fourth-order valence-corrected chi connectivity index (χ4v) is 3.56. The van der Waals surface area contributed by atoms with Crippen LogP contribution in [0.1, 0.15) is 29.2 Å². The molecule has 0 N–H and O–H groups in total. The second-order valence-electron chi connectivity index (χ2n) is 6.94. The van der Waals surface area contributed by atoms with Crippen molar-refractivity contribution < 1.29 is 4.74 Å². The molecule has 6 heteroatoms. The summed E-state index contributed by atoms with van der Waals surface area (Å²) >= 11 is 1.20. The molecule has 148 valence electrons. The van der Waals surface area contributed by atoms with Crippen LogP contribution in [0.25, 0.3) is 11.3 Å². The summed E-state index contributed by atoms with van der Waals surface area (Å²) in [6.45, 7) is 8.97. The molecular formula is C23H24N4OS. The van der Waals surface area contributed by atoms with E-state index in [2.05, 4.69) is 22.4 Å². The second kappa shape index (κ2) is 8.89. The molecule has 0 spiro atoms. The van der Waals surface area contributed by atoms with Gasteiger partial charge in [0.05, 0.1) is 12.0 Å². The summed E-state index contributed by atoms with van der Waals surface area (Å²) in [5.41, 5.74) is 6.03. The van der Waals surface area contributed by atoms with E-state index in [0.29, 0.717) is 22.1 Å². The Morgan fingerprint density at radius 1 is 1.17 bits per heavy atom. The van der Waals surface area contributed by atoms with Gasteiger partial charge in [-0.25, -0.2) is 4.99 Å². The first-order valence-electron chi connectivity index (χ1n) is 9.43. The minimum Gasteiger partial charge on any atom is -0.443 e. The Morgan fingerprint density at radius 2 is 1.93 bits per heavy atom. The molecule has 0 atom stereocenters. The van der Waals surface area contributed by atoms with Crippen molar-refractivity contribution in [3.8, 4) is 28.1 Å². The molecule has 3 rings (SSSR count). The lowest BCUT2D eigenvalue weighted by molar-refractivity contribution is 0.491. The number of aromatic nitrogens is 1. The van der Waals surface area contributed by atoms with Crippen molar-refractivity contribution in [3.05, 3.63) is 58.7 Å². The summed E-state index contributed by atoms with van der Waals surface area (Å²) in [6, 6.07) is 14.1. The number of aliphatic imine (C=N–C) groups is 1. The van der Waals surface area contributed by atoms with Gasteiger partial charge in [0.2, 0.25) is 5.06 Å². The fraction of sp³-hybridized carbons (Fsp3) is 0.261. The monoisotopic (exact) mass is 404 g/mol. The highest BCUT2D eigenvalue weighted by Crippen LogP contribution is 2.39. The maximum absolute atomic E-state index is 9.74. The van der Waals surface area contributed by atoms with Crippen molar-refractivity contribution in [2.75, 3.05) is 13.6 Å². The van der Waals surface area contributed by atoms with E-state index in [-0.39, 0.29) is 0 Å². The van der Waals surface area contributed by atoms with Gasteiger partial charge in [-0.1, -0.05) is 24.3 Å². The summed E-state index contributed by atoms with van der Waals surface area (Å²) in [5, 5.41) is 10.3. The van der Waals surface area contributed by atoms with Crippen molar-refractivity contribution in [2.24, 2.45) is 4.99 Å². The van der Waals surface area contributed by atoms with Crippen molar-refractivity contribution in [3.63, 3.8) is 0 Å². The van der Waals surface area contributed by atoms with Crippen molar-refractivity contribution in [2.45, 2.75) is 27.7 Å². The molecular weight excluding hydrogens is 380 g/mol. The second-order valence-corrected chi connectivity index (χ2v) is 7.68. The van der Waals surface area contributed by atoms with E-state index >= 15 is 0 Å². The largest absolute Gasteiger partial charge is 0.443 e. The van der Waals surface area contributed by atoms with E-state index in [4.69, 9.17) is 4.74 Å². The molecule has 0 aliphatic carbocycles. The predicted octanol–water partition coefficient (Wildman–Crippen LogP) is 6.01. The summed E-state index contributed by atoms with van der Waals surface area (Å²) < 4.78 is 10.6. The number of aryl methyl sites for hydroxylation is 3. The molecule has 0 saturated carbocycles. The zero-order valence-electron chi connectivity index (χ0n) is 17.4. The van der Waals surface area contributed by atoms with Gasteiger partial charge in [-0.3, -0.25) is 0 Å². The normalized spacial score (nSPS) is 10.9. The number of nitrogens with zero attached hydrogens (tertiary/aromatic N) is 4. The third-order valence-corrected chi connectivity index (χ3v) is 5.49. The van der Waals surface area contributed by atoms with Gasteiger partial charge in [-0.05, 0) is 56.5 Å². The van der Waals surface area contributed by atoms with E-state index in [1.807, 2.05) is 75.5 Å². The maximum Gasteiger partial charge on any atom is 0.218 e. The molecule has 2 aromatic carbocycles. The minimum atomic E-state index is 0.466. The number of hydrogen-bond donors (Lipinski definition) is 0. The van der Waals surface area contributed by atoms with Gasteiger partial charge in [0.1, 0.15) is 23.1 Å². The first-order chi connectivity index (χ1) is 13.9. The van der Waals surface area contributed by atoms with E-state index in [1.165, 1.54) is 11.5 Å². The maximum atomic E-state index is 9.74. The molecule has 0 fully saturated rings. The smallest absolute Gasteiger partial charge is 0.218 e. The molecule has 0 amide bonds. The van der Waals surface area contributed by atoms with E-state index in [1.54, 1.807) is 0 Å². The molecule has 5 nitrogen and oxygen atoms in total. The summed E-state index contributed by atoms with van der Waals surface area (Å²) in [7, 11) is 1.99. The lowest BCUT2D eigenvalue weighted by Crippen LogP contribution is -2.14. The summed E-state index contributed by atoms with van der Waals surface area (Å²) in [6.07, 6.45) is 1.83. The van der Waals surface area contributed by atoms with Crippen LogP contribution in [0.2, 0.25) is 0 Å². The number of nitriles is 1. The molecule has 3 aromatic rings. The minimum absolute atomic E-state index is 0.466. The van der Waals surface area contributed by atoms with Gasteiger partial charge in [0.25, 0.3) is 0 Å². The Hall–Kier alpha value is -3.17. The average Bonchev–Trinajstić information content (AvgIpc) is 3.11. The fourth-order valence-electron chi connectivity index (χ4n) is 2.83. The Morgan fingerprint density at radius 3 is 2.62 bits per heavy atom. The van der Waals surface area contributed by atoms with Gasteiger partial charge in [0, 0.05) is 30.7 Å². The highest BCUT2D eigenvalue weighted by Gasteiger charge is 2.19. The number of benzene rings is 2. The van der Waals surface area contributed by atoms with Crippen molar-refractivity contribution in [1.82, 2.24) is 9.27 Å². The van der Waals surface area contributed by atoms with Crippen LogP contribution in [-0.2, 0) is 0 Å². The zero-order chi connectivity index (χ0) is 21.0. The lowest BCUT2D eigenvalue weighted by atomic mass is 10.0. The number of rotatable bonds is 6. The van der Waals surface area contributed by atoms with Crippen LogP contribution in [-0.4, -0.2) is 29.2 Å². The molecule has 0 saturated heterocycles. The van der Waals surface area contributed by atoms with E-state index in [0.717, 1.165) is 34.5 Å². The Bertz CT molecular complexity index is 1090. The summed E-state index contributed by atoms with van der Waals surface area (Å²) in [5.74, 6) is 0.710. The van der Waals surface area contributed by atoms with Crippen LogP contribution in [0, 0.1) is 32.1 Å². The molecule has 1 aromatic heterocycles. The number of ether oxygens (including phenoxy) is 1. The predicted molar refractivity (Wildman–Crippen MR) is 119 cm³/mol. The molecule has 0 aliphatic heterocycles. The van der Waals surface area contributed by atoms with Gasteiger partial charge in [0.15, 0.2) is 0 Å². The molecule has 1 heterocycles. The van der Waals surface area contributed by atoms with Gasteiger partial charge >= 0.3 is 0 Å². The first-order valence-corrected chi connectivity index (χ1v) is 10.2. The third-order valence-electron chi connectivity index (χ3n) is 4.76. The van der Waals surface area contributed by atoms with Crippen LogP contribution in [0.15, 0.2) is 41.4 Å². The quantitative estimate of drug-likeness (QED) is 0.373. The standard InChI is InChI=1S/C23H24N4OS/c1-6-27(5)14-25-20-11-17(4)21(12-16(20)3)28-23-19(13-24)22(26-29-23)18-10-8-7-9-15(18)2/h7-12,14H,6H2,1-5H3.